The number of aromatic amines is 1. The van der Waals surface area contributed by atoms with Gasteiger partial charge in [-0.25, -0.2) is 14.6 Å². The maximum absolute atomic E-state index is 13.4. The molecule has 1 aromatic heterocycles. The van der Waals surface area contributed by atoms with Crippen LogP contribution in [0.2, 0.25) is 0 Å². The molecule has 0 aliphatic heterocycles. The summed E-state index contributed by atoms with van der Waals surface area (Å²) in [5.74, 6) is -1.14. The molecule has 4 rings (SSSR count). The second-order valence-corrected chi connectivity index (χ2v) is 8.88. The maximum atomic E-state index is 13.4. The van der Waals surface area contributed by atoms with Crippen molar-refractivity contribution in [2.45, 2.75) is 38.1 Å². The summed E-state index contributed by atoms with van der Waals surface area (Å²) < 4.78 is 10.9. The molecule has 39 heavy (non-hydrogen) atoms. The van der Waals surface area contributed by atoms with Crippen LogP contribution in [0.5, 0.6) is 0 Å². The van der Waals surface area contributed by atoms with Crippen LogP contribution in [0.15, 0.2) is 104 Å². The topological polar surface area (TPSA) is 122 Å². The Morgan fingerprint density at radius 1 is 0.692 bits per heavy atom. The van der Waals surface area contributed by atoms with Gasteiger partial charge < -0.3 is 25.1 Å². The molecule has 0 aliphatic carbocycles. The molecular formula is C30H30N4O5. The monoisotopic (exact) mass is 526 g/mol. The Kier molecular flexibility index (Phi) is 9.83. The Hall–Kier alpha value is -4.92. The first kappa shape index (κ1) is 27.1. The molecule has 0 spiro atoms. The summed E-state index contributed by atoms with van der Waals surface area (Å²) in [7, 11) is 0. The van der Waals surface area contributed by atoms with E-state index in [0.29, 0.717) is 5.69 Å². The van der Waals surface area contributed by atoms with E-state index in [0.717, 1.165) is 16.7 Å². The van der Waals surface area contributed by atoms with E-state index in [1.54, 1.807) is 6.20 Å². The molecule has 4 aromatic rings. The van der Waals surface area contributed by atoms with E-state index in [1.165, 1.54) is 6.33 Å². The Bertz CT molecular complexity index is 1320. The van der Waals surface area contributed by atoms with Gasteiger partial charge in [0.15, 0.2) is 0 Å². The third kappa shape index (κ3) is 8.85. The largest absolute Gasteiger partial charge is 0.459 e. The lowest BCUT2D eigenvalue weighted by molar-refractivity contribution is -0.149. The molecule has 1 heterocycles. The highest BCUT2D eigenvalue weighted by molar-refractivity contribution is 5.90. The first-order valence-electron chi connectivity index (χ1n) is 12.6. The molecule has 0 radical (unpaired) electrons. The fourth-order valence-electron chi connectivity index (χ4n) is 3.88. The highest BCUT2D eigenvalue weighted by atomic mass is 16.5. The summed E-state index contributed by atoms with van der Waals surface area (Å²) in [6.07, 6.45) is 2.62. The lowest BCUT2D eigenvalue weighted by Gasteiger charge is -2.22. The van der Waals surface area contributed by atoms with Crippen LogP contribution in [0, 0.1) is 0 Å². The van der Waals surface area contributed by atoms with Crippen molar-refractivity contribution in [3.63, 3.8) is 0 Å². The molecule has 0 unspecified atom stereocenters. The average molecular weight is 527 g/mol. The van der Waals surface area contributed by atoms with E-state index < -0.39 is 30.1 Å². The number of H-pyrrole nitrogens is 1. The number of carbonyl (C=O) groups is 3. The second kappa shape index (κ2) is 14.1. The molecular weight excluding hydrogens is 496 g/mol. The SMILES string of the molecule is O=C(N[C@H](Cc1cnc[nH]1)C(=O)N[C@H](Cc1ccccc1)C(=O)OCc1ccccc1)OCc1ccccc1. The molecule has 9 nitrogen and oxygen atoms in total. The van der Waals surface area contributed by atoms with Crippen molar-refractivity contribution >= 4 is 18.0 Å². The summed E-state index contributed by atoms with van der Waals surface area (Å²) >= 11 is 0. The van der Waals surface area contributed by atoms with Crippen molar-refractivity contribution in [3.8, 4) is 0 Å². The van der Waals surface area contributed by atoms with Gasteiger partial charge in [0.2, 0.25) is 5.91 Å². The van der Waals surface area contributed by atoms with E-state index in [2.05, 4.69) is 20.6 Å². The third-order valence-electron chi connectivity index (χ3n) is 5.91. The van der Waals surface area contributed by atoms with Crippen LogP contribution in [0.25, 0.3) is 0 Å². The number of ether oxygens (including phenoxy) is 2. The molecule has 2 amide bonds. The molecule has 0 saturated heterocycles. The number of nitrogens with zero attached hydrogens (tertiary/aromatic N) is 1. The molecule has 3 aromatic carbocycles. The number of hydrogen-bond donors (Lipinski definition) is 3. The van der Waals surface area contributed by atoms with Crippen LogP contribution in [0.4, 0.5) is 4.79 Å². The quantitative estimate of drug-likeness (QED) is 0.242. The predicted molar refractivity (Wildman–Crippen MR) is 144 cm³/mol. The van der Waals surface area contributed by atoms with Crippen LogP contribution in [0.3, 0.4) is 0 Å². The highest BCUT2D eigenvalue weighted by Gasteiger charge is 2.29. The molecule has 0 saturated carbocycles. The Labute approximate surface area is 226 Å². The predicted octanol–water partition coefficient (Wildman–Crippen LogP) is 3.72. The molecule has 0 bridgehead atoms. The zero-order valence-corrected chi connectivity index (χ0v) is 21.3. The Morgan fingerprint density at radius 2 is 1.26 bits per heavy atom. The van der Waals surface area contributed by atoms with Gasteiger partial charge in [-0.2, -0.15) is 0 Å². The normalized spacial score (nSPS) is 12.1. The molecule has 200 valence electrons. The van der Waals surface area contributed by atoms with Crippen molar-refractivity contribution in [1.82, 2.24) is 20.6 Å². The van der Waals surface area contributed by atoms with Crippen LogP contribution in [-0.4, -0.2) is 40.0 Å². The van der Waals surface area contributed by atoms with E-state index in [9.17, 15) is 14.4 Å². The number of carbonyl (C=O) groups excluding carboxylic acids is 3. The lowest BCUT2D eigenvalue weighted by atomic mass is 10.0. The van der Waals surface area contributed by atoms with E-state index in [-0.39, 0.29) is 26.1 Å². The van der Waals surface area contributed by atoms with E-state index in [1.807, 2.05) is 91.0 Å². The van der Waals surface area contributed by atoms with Crippen molar-refractivity contribution < 1.29 is 23.9 Å². The number of nitrogens with one attached hydrogen (secondary N) is 3. The summed E-state index contributed by atoms with van der Waals surface area (Å²) in [5.41, 5.74) is 3.12. The van der Waals surface area contributed by atoms with Crippen molar-refractivity contribution in [2.24, 2.45) is 0 Å². The third-order valence-corrected chi connectivity index (χ3v) is 5.91. The van der Waals surface area contributed by atoms with E-state index >= 15 is 0 Å². The maximum Gasteiger partial charge on any atom is 0.408 e. The van der Waals surface area contributed by atoms with Crippen molar-refractivity contribution in [3.05, 3.63) is 126 Å². The van der Waals surface area contributed by atoms with Gasteiger partial charge in [-0.05, 0) is 16.7 Å². The van der Waals surface area contributed by atoms with E-state index in [4.69, 9.17) is 9.47 Å². The van der Waals surface area contributed by atoms with Gasteiger partial charge in [0.25, 0.3) is 0 Å². The zero-order valence-electron chi connectivity index (χ0n) is 21.3. The van der Waals surface area contributed by atoms with Crippen LogP contribution in [-0.2, 0) is 45.1 Å². The number of hydrogen-bond acceptors (Lipinski definition) is 6. The second-order valence-electron chi connectivity index (χ2n) is 8.88. The van der Waals surface area contributed by atoms with Gasteiger partial charge in [-0.1, -0.05) is 91.0 Å². The number of benzene rings is 3. The summed E-state index contributed by atoms with van der Waals surface area (Å²) in [6.45, 7) is 0.121. The van der Waals surface area contributed by atoms with Gasteiger partial charge >= 0.3 is 12.1 Å². The minimum atomic E-state index is -1.03. The number of rotatable bonds is 12. The minimum Gasteiger partial charge on any atom is -0.459 e. The fraction of sp³-hybridized carbons (Fsp3) is 0.200. The summed E-state index contributed by atoms with van der Waals surface area (Å²) in [4.78, 5) is 46.1. The standard InChI is InChI=1S/C30H30N4O5/c35-28(26(17-25-18-31-21-32-25)34-30(37)39-20-24-14-8-3-9-15-24)33-27(16-22-10-4-1-5-11-22)29(36)38-19-23-12-6-2-7-13-23/h1-15,18,21,26-27H,16-17,19-20H2,(H,31,32)(H,33,35)(H,34,37)/t26-,27-/m1/s1. The minimum absolute atomic E-state index is 0.0491. The highest BCUT2D eigenvalue weighted by Crippen LogP contribution is 2.09. The molecule has 3 N–H and O–H groups in total. The van der Waals surface area contributed by atoms with Gasteiger partial charge in [0, 0.05) is 24.7 Å². The van der Waals surface area contributed by atoms with Gasteiger partial charge in [0.05, 0.1) is 6.33 Å². The first-order chi connectivity index (χ1) is 19.1. The first-order valence-corrected chi connectivity index (χ1v) is 12.6. The summed E-state index contributed by atoms with van der Waals surface area (Å²) in [6, 6.07) is 25.8. The number of alkyl carbamates (subject to hydrolysis) is 1. The van der Waals surface area contributed by atoms with Crippen LogP contribution < -0.4 is 10.6 Å². The molecule has 0 fully saturated rings. The lowest BCUT2D eigenvalue weighted by Crippen LogP contribution is -2.53. The average Bonchev–Trinajstić information content (AvgIpc) is 3.49. The zero-order chi connectivity index (χ0) is 27.3. The van der Waals surface area contributed by atoms with Gasteiger partial charge in [0.1, 0.15) is 25.3 Å². The Morgan fingerprint density at radius 3 is 1.82 bits per heavy atom. The number of imidazole rings is 1. The smallest absolute Gasteiger partial charge is 0.408 e. The fourth-order valence-corrected chi connectivity index (χ4v) is 3.88. The molecule has 0 aliphatic rings. The van der Waals surface area contributed by atoms with Crippen LogP contribution >= 0.6 is 0 Å². The summed E-state index contributed by atoms with van der Waals surface area (Å²) in [5, 5.41) is 5.39. The molecule has 9 heteroatoms. The van der Waals surface area contributed by atoms with Crippen molar-refractivity contribution in [1.29, 1.82) is 0 Å². The number of aromatic nitrogens is 2. The van der Waals surface area contributed by atoms with Gasteiger partial charge in [-0.3, -0.25) is 4.79 Å². The molecule has 2 atom stereocenters. The van der Waals surface area contributed by atoms with Gasteiger partial charge in [-0.15, -0.1) is 0 Å². The number of esters is 1. The van der Waals surface area contributed by atoms with Crippen molar-refractivity contribution in [2.75, 3.05) is 0 Å². The Balaban J connectivity index is 1.45. The number of amides is 2. The van der Waals surface area contributed by atoms with Crippen LogP contribution in [0.1, 0.15) is 22.4 Å².